The zero-order valence-corrected chi connectivity index (χ0v) is 16.6. The minimum Gasteiger partial charge on any atom is -0.490 e. The molecule has 4 rings (SSSR count). The molecule has 0 aromatic heterocycles. The van der Waals surface area contributed by atoms with E-state index in [4.69, 9.17) is 9.47 Å². The number of rotatable bonds is 6. The highest BCUT2D eigenvalue weighted by Gasteiger charge is 2.57. The molecule has 0 spiro atoms. The van der Waals surface area contributed by atoms with Crippen molar-refractivity contribution in [3.05, 3.63) is 65.7 Å². The quantitative estimate of drug-likeness (QED) is 0.552. The fraction of sp³-hybridized carbons (Fsp3) is 0.364. The molecule has 1 amide bonds. The minimum absolute atomic E-state index is 0.0203. The van der Waals surface area contributed by atoms with Crippen molar-refractivity contribution in [2.24, 2.45) is 0 Å². The minimum atomic E-state index is -0.543. The third-order valence-electron chi connectivity index (χ3n) is 5.30. The molecule has 5 nitrogen and oxygen atoms in total. The largest absolute Gasteiger partial charge is 0.490 e. The second kappa shape index (κ2) is 7.87. The van der Waals surface area contributed by atoms with Crippen molar-refractivity contribution in [1.29, 1.82) is 0 Å². The van der Waals surface area contributed by atoms with E-state index in [1.54, 1.807) is 16.7 Å². The third-order valence-corrected chi connectivity index (χ3v) is 6.90. The number of carbonyl (C=O) groups is 2. The Kier molecular flexibility index (Phi) is 5.31. The normalized spacial score (nSPS) is 23.5. The first-order chi connectivity index (χ1) is 13.6. The highest BCUT2D eigenvalue weighted by Crippen LogP contribution is 2.54. The first-order valence-corrected chi connectivity index (χ1v) is 10.5. The van der Waals surface area contributed by atoms with Crippen LogP contribution in [-0.4, -0.2) is 41.8 Å². The van der Waals surface area contributed by atoms with Gasteiger partial charge in [0.25, 0.3) is 0 Å². The summed E-state index contributed by atoms with van der Waals surface area (Å²) in [5.41, 5.74) is 2.11. The van der Waals surface area contributed by atoms with Crippen LogP contribution >= 0.6 is 11.8 Å². The second-order valence-electron chi connectivity index (χ2n) is 7.02. The van der Waals surface area contributed by atoms with Gasteiger partial charge in [0.15, 0.2) is 0 Å². The number of carbonyl (C=O) groups excluding carboxylic acids is 2. The number of ether oxygens (including phenoxy) is 2. The predicted octanol–water partition coefficient (Wildman–Crippen LogP) is 3.51. The molecule has 2 aliphatic rings. The molecule has 0 N–H and O–H groups in total. The van der Waals surface area contributed by atoms with E-state index in [1.807, 2.05) is 61.5 Å². The van der Waals surface area contributed by atoms with Crippen molar-refractivity contribution in [2.75, 3.05) is 19.0 Å². The summed E-state index contributed by atoms with van der Waals surface area (Å²) in [5.74, 6) is 1.01. The van der Waals surface area contributed by atoms with Gasteiger partial charge in [-0.2, -0.15) is 0 Å². The number of hydrogen-bond acceptors (Lipinski definition) is 5. The van der Waals surface area contributed by atoms with Crippen LogP contribution in [0.2, 0.25) is 0 Å². The average molecular weight is 397 g/mol. The Balaban J connectivity index is 1.38. The predicted molar refractivity (Wildman–Crippen MR) is 108 cm³/mol. The van der Waals surface area contributed by atoms with Crippen molar-refractivity contribution in [2.45, 2.75) is 30.7 Å². The molecule has 0 unspecified atom stereocenters. The summed E-state index contributed by atoms with van der Waals surface area (Å²) in [6, 6.07) is 17.1. The van der Waals surface area contributed by atoms with E-state index in [9.17, 15) is 9.59 Å². The summed E-state index contributed by atoms with van der Waals surface area (Å²) < 4.78 is 11.1. The summed E-state index contributed by atoms with van der Waals surface area (Å²) in [7, 11) is 0. The fourth-order valence-corrected chi connectivity index (χ4v) is 5.56. The molecule has 6 heteroatoms. The molecule has 2 saturated heterocycles. The number of esters is 1. The van der Waals surface area contributed by atoms with Crippen LogP contribution in [-0.2, 0) is 19.2 Å². The SMILES string of the molecule is Cc1ccccc1OCCOC(=O)[C@H]1CS[C@]2(c3ccccc3)CCC(=O)N12. The number of aryl methyl sites for hydroxylation is 1. The van der Waals surface area contributed by atoms with Gasteiger partial charge in [0, 0.05) is 12.2 Å². The summed E-state index contributed by atoms with van der Waals surface area (Å²) in [6.07, 6.45) is 1.18. The second-order valence-corrected chi connectivity index (χ2v) is 8.32. The molecule has 28 heavy (non-hydrogen) atoms. The number of para-hydroxylation sites is 1. The Labute approximate surface area is 169 Å². The Morgan fingerprint density at radius 3 is 2.68 bits per heavy atom. The van der Waals surface area contributed by atoms with E-state index in [0.717, 1.165) is 23.3 Å². The van der Waals surface area contributed by atoms with Gasteiger partial charge in [-0.15, -0.1) is 11.8 Å². The molecule has 2 atom stereocenters. The van der Waals surface area contributed by atoms with Crippen LogP contribution in [0.25, 0.3) is 0 Å². The molecular weight excluding hydrogens is 374 g/mol. The van der Waals surface area contributed by atoms with Crippen LogP contribution in [0.5, 0.6) is 5.75 Å². The average Bonchev–Trinajstić information content (AvgIpc) is 3.26. The number of amides is 1. The van der Waals surface area contributed by atoms with E-state index in [0.29, 0.717) is 12.2 Å². The molecule has 0 bridgehead atoms. The number of fused-ring (bicyclic) bond motifs is 1. The number of benzene rings is 2. The van der Waals surface area contributed by atoms with Crippen LogP contribution in [0, 0.1) is 6.92 Å². The third kappa shape index (κ3) is 3.37. The van der Waals surface area contributed by atoms with Crippen molar-refractivity contribution >= 4 is 23.6 Å². The maximum absolute atomic E-state index is 12.7. The van der Waals surface area contributed by atoms with Crippen LogP contribution < -0.4 is 4.74 Å². The van der Waals surface area contributed by atoms with E-state index >= 15 is 0 Å². The molecule has 0 aliphatic carbocycles. The fourth-order valence-electron chi connectivity index (χ4n) is 3.92. The van der Waals surface area contributed by atoms with Crippen molar-refractivity contribution in [3.63, 3.8) is 0 Å². The van der Waals surface area contributed by atoms with Gasteiger partial charge in [-0.05, 0) is 30.5 Å². The molecule has 2 heterocycles. The van der Waals surface area contributed by atoms with Gasteiger partial charge in [0.1, 0.15) is 29.9 Å². The van der Waals surface area contributed by atoms with Crippen LogP contribution in [0.4, 0.5) is 0 Å². The summed E-state index contributed by atoms with van der Waals surface area (Å²) >= 11 is 1.66. The Morgan fingerprint density at radius 2 is 1.89 bits per heavy atom. The molecule has 146 valence electrons. The zero-order chi connectivity index (χ0) is 19.6. The van der Waals surface area contributed by atoms with Gasteiger partial charge in [0.05, 0.1) is 0 Å². The number of nitrogens with zero attached hydrogens (tertiary/aromatic N) is 1. The monoisotopic (exact) mass is 397 g/mol. The Bertz CT molecular complexity index is 872. The topological polar surface area (TPSA) is 55.8 Å². The van der Waals surface area contributed by atoms with Crippen molar-refractivity contribution in [1.82, 2.24) is 4.90 Å². The lowest BCUT2D eigenvalue weighted by Crippen LogP contribution is -2.46. The molecule has 2 fully saturated rings. The molecule has 0 radical (unpaired) electrons. The first-order valence-electron chi connectivity index (χ1n) is 9.48. The van der Waals surface area contributed by atoms with Gasteiger partial charge in [0.2, 0.25) is 5.91 Å². The highest BCUT2D eigenvalue weighted by atomic mass is 32.2. The highest BCUT2D eigenvalue weighted by molar-refractivity contribution is 8.00. The number of hydrogen-bond donors (Lipinski definition) is 0. The van der Waals surface area contributed by atoms with Crippen molar-refractivity contribution < 1.29 is 19.1 Å². The molecule has 2 aliphatic heterocycles. The van der Waals surface area contributed by atoms with E-state index < -0.39 is 10.9 Å². The lowest BCUT2D eigenvalue weighted by atomic mass is 10.0. The van der Waals surface area contributed by atoms with Crippen LogP contribution in [0.3, 0.4) is 0 Å². The van der Waals surface area contributed by atoms with Gasteiger partial charge in [-0.3, -0.25) is 4.79 Å². The molecule has 0 saturated carbocycles. The van der Waals surface area contributed by atoms with E-state index in [1.165, 1.54) is 0 Å². The van der Waals surface area contributed by atoms with Gasteiger partial charge in [-0.1, -0.05) is 48.5 Å². The smallest absolute Gasteiger partial charge is 0.329 e. The van der Waals surface area contributed by atoms with Gasteiger partial charge in [-0.25, -0.2) is 4.79 Å². The number of thioether (sulfide) groups is 1. The summed E-state index contributed by atoms with van der Waals surface area (Å²) in [5, 5.41) is 0. The van der Waals surface area contributed by atoms with E-state index in [-0.39, 0.29) is 25.1 Å². The molecular formula is C22H23NO4S. The van der Waals surface area contributed by atoms with Crippen LogP contribution in [0.1, 0.15) is 24.0 Å². The van der Waals surface area contributed by atoms with Gasteiger partial charge < -0.3 is 14.4 Å². The molecule has 2 aromatic rings. The van der Waals surface area contributed by atoms with Crippen molar-refractivity contribution in [3.8, 4) is 5.75 Å². The maximum atomic E-state index is 12.7. The Morgan fingerprint density at radius 1 is 1.14 bits per heavy atom. The van der Waals surface area contributed by atoms with Gasteiger partial charge >= 0.3 is 5.97 Å². The maximum Gasteiger partial charge on any atom is 0.329 e. The van der Waals surface area contributed by atoms with Crippen LogP contribution in [0.15, 0.2) is 54.6 Å². The summed E-state index contributed by atoms with van der Waals surface area (Å²) in [4.78, 5) is 26.6. The lowest BCUT2D eigenvalue weighted by molar-refractivity contribution is -0.154. The lowest BCUT2D eigenvalue weighted by Gasteiger charge is -2.33. The molecule has 2 aromatic carbocycles. The zero-order valence-electron chi connectivity index (χ0n) is 15.8. The summed E-state index contributed by atoms with van der Waals surface area (Å²) in [6.45, 7) is 2.42. The standard InChI is InChI=1S/C22H23NO4S/c1-16-7-5-6-10-19(16)26-13-14-27-21(25)18-15-28-22(12-11-20(24)23(18)22)17-8-3-2-4-9-17/h2-10,18H,11-15H2,1H3/t18-,22+/m1/s1. The van der Waals surface area contributed by atoms with E-state index in [2.05, 4.69) is 0 Å². The first kappa shape index (κ1) is 18.9. The Hall–Kier alpha value is -2.47.